The molecule has 0 saturated heterocycles. The van der Waals surface area contributed by atoms with Crippen molar-refractivity contribution < 1.29 is 4.79 Å². The van der Waals surface area contributed by atoms with Gasteiger partial charge >= 0.3 is 0 Å². The molecule has 0 saturated carbocycles. The third kappa shape index (κ3) is 4.44. The van der Waals surface area contributed by atoms with Gasteiger partial charge in [0.05, 0.1) is 6.04 Å². The molecule has 0 bridgehead atoms. The third-order valence-electron chi connectivity index (χ3n) is 1.04. The molecule has 0 aromatic heterocycles. The first kappa shape index (κ1) is 8.94. The summed E-state index contributed by atoms with van der Waals surface area (Å²) in [7, 11) is 0. The Labute approximate surface area is 60.2 Å². The summed E-state index contributed by atoms with van der Waals surface area (Å²) in [5.41, 5.74) is 10.5. The molecule has 0 fully saturated rings. The molecule has 0 aliphatic rings. The molecule has 4 heteroatoms. The Balaban J connectivity index is 3.27. The summed E-state index contributed by atoms with van der Waals surface area (Å²) in [6, 6.07) is -0.433. The van der Waals surface area contributed by atoms with Crippen LogP contribution in [0.15, 0.2) is 0 Å². The quantitative estimate of drug-likeness (QED) is 0.471. The summed E-state index contributed by atoms with van der Waals surface area (Å²) in [6.45, 7) is 0.578. The number of hydrogen-bond acceptors (Lipinski definition) is 3. The maximum absolute atomic E-state index is 10.3. The zero-order chi connectivity index (χ0) is 7.28. The van der Waals surface area contributed by atoms with E-state index in [0.29, 0.717) is 13.0 Å². The van der Waals surface area contributed by atoms with Crippen LogP contribution in [-0.4, -0.2) is 17.7 Å². The van der Waals surface area contributed by atoms with E-state index in [-0.39, 0.29) is 5.12 Å². The number of hydrogen-bond donors (Lipinski definition) is 3. The van der Waals surface area contributed by atoms with Gasteiger partial charge in [-0.25, -0.2) is 0 Å². The van der Waals surface area contributed by atoms with E-state index >= 15 is 0 Å². The van der Waals surface area contributed by atoms with Gasteiger partial charge in [0.1, 0.15) is 0 Å². The third-order valence-corrected chi connectivity index (χ3v) is 1.37. The van der Waals surface area contributed by atoms with Crippen LogP contribution in [0.2, 0.25) is 0 Å². The van der Waals surface area contributed by atoms with Crippen LogP contribution in [0.25, 0.3) is 0 Å². The van der Waals surface area contributed by atoms with Crippen LogP contribution in [0.1, 0.15) is 12.8 Å². The van der Waals surface area contributed by atoms with E-state index < -0.39 is 6.04 Å². The van der Waals surface area contributed by atoms with Crippen LogP contribution in [0.5, 0.6) is 0 Å². The molecule has 0 aromatic rings. The Hall–Kier alpha value is -0.0600. The lowest BCUT2D eigenvalue weighted by atomic mass is 10.2. The van der Waals surface area contributed by atoms with Gasteiger partial charge in [0.25, 0.3) is 0 Å². The van der Waals surface area contributed by atoms with E-state index in [9.17, 15) is 4.79 Å². The molecular formula is C5H12N2OS. The Morgan fingerprint density at radius 3 is 2.56 bits per heavy atom. The molecule has 0 amide bonds. The lowest BCUT2D eigenvalue weighted by Crippen LogP contribution is -2.27. The molecule has 0 heterocycles. The maximum atomic E-state index is 10.3. The standard InChI is InChI=1S/C5H12N2OS/c6-3-1-2-4(7)5(8)9/h4H,1-3,6-7H2,(H,8,9). The number of thiol groups is 1. The van der Waals surface area contributed by atoms with E-state index in [1.807, 2.05) is 0 Å². The average Bonchev–Trinajstić information content (AvgIpc) is 1.82. The van der Waals surface area contributed by atoms with Gasteiger partial charge < -0.3 is 11.5 Å². The van der Waals surface area contributed by atoms with E-state index in [0.717, 1.165) is 6.42 Å². The predicted molar refractivity (Wildman–Crippen MR) is 40.3 cm³/mol. The van der Waals surface area contributed by atoms with Gasteiger partial charge in [-0.15, -0.1) is 12.6 Å². The van der Waals surface area contributed by atoms with Crippen LogP contribution in [0, 0.1) is 0 Å². The summed E-state index contributed by atoms with van der Waals surface area (Å²) in [6.07, 6.45) is 1.42. The molecule has 1 unspecified atom stereocenters. The molecule has 9 heavy (non-hydrogen) atoms. The van der Waals surface area contributed by atoms with Crippen LogP contribution in [0.3, 0.4) is 0 Å². The second-order valence-electron chi connectivity index (χ2n) is 1.88. The molecule has 0 aromatic carbocycles. The largest absolute Gasteiger partial charge is 0.330 e. The summed E-state index contributed by atoms with van der Waals surface area (Å²) in [5, 5.41) is -0.261. The molecule has 0 rings (SSSR count). The number of nitrogens with two attached hydrogens (primary N) is 2. The van der Waals surface area contributed by atoms with Crippen molar-refractivity contribution in [3.63, 3.8) is 0 Å². The Morgan fingerprint density at radius 1 is 1.67 bits per heavy atom. The van der Waals surface area contributed by atoms with Crippen molar-refractivity contribution in [2.45, 2.75) is 18.9 Å². The highest BCUT2D eigenvalue weighted by Crippen LogP contribution is 1.95. The second-order valence-corrected chi connectivity index (χ2v) is 2.32. The molecule has 4 N–H and O–H groups in total. The first-order chi connectivity index (χ1) is 4.18. The van der Waals surface area contributed by atoms with Crippen LogP contribution >= 0.6 is 12.6 Å². The summed E-state index contributed by atoms with van der Waals surface area (Å²) in [5.74, 6) is 0. The highest BCUT2D eigenvalue weighted by molar-refractivity contribution is 7.96. The summed E-state index contributed by atoms with van der Waals surface area (Å²) < 4.78 is 0. The number of rotatable bonds is 4. The number of carbonyl (C=O) groups excluding carboxylic acids is 1. The summed E-state index contributed by atoms with van der Waals surface area (Å²) >= 11 is 3.56. The van der Waals surface area contributed by atoms with Crippen LogP contribution in [-0.2, 0) is 4.79 Å². The normalized spacial score (nSPS) is 13.2. The summed E-state index contributed by atoms with van der Waals surface area (Å²) in [4.78, 5) is 10.3. The van der Waals surface area contributed by atoms with Crippen molar-refractivity contribution in [1.29, 1.82) is 0 Å². The topological polar surface area (TPSA) is 69.1 Å². The van der Waals surface area contributed by atoms with Crippen molar-refractivity contribution in [3.8, 4) is 0 Å². The van der Waals surface area contributed by atoms with E-state index in [1.54, 1.807) is 0 Å². The smallest absolute Gasteiger partial charge is 0.202 e. The molecule has 0 radical (unpaired) electrons. The Kier molecular flexibility index (Phi) is 4.75. The number of carbonyl (C=O) groups is 1. The fourth-order valence-corrected chi connectivity index (χ4v) is 0.590. The first-order valence-electron chi connectivity index (χ1n) is 2.87. The van der Waals surface area contributed by atoms with Gasteiger partial charge in [-0.1, -0.05) is 0 Å². The van der Waals surface area contributed by atoms with Crippen LogP contribution in [0.4, 0.5) is 0 Å². The van der Waals surface area contributed by atoms with Gasteiger partial charge in [0.2, 0.25) is 5.12 Å². The molecule has 1 atom stereocenters. The van der Waals surface area contributed by atoms with E-state index in [1.165, 1.54) is 0 Å². The van der Waals surface area contributed by atoms with Crippen molar-refractivity contribution in [2.24, 2.45) is 11.5 Å². The van der Waals surface area contributed by atoms with Crippen molar-refractivity contribution in [2.75, 3.05) is 6.54 Å². The highest BCUT2D eigenvalue weighted by atomic mass is 32.1. The average molecular weight is 148 g/mol. The zero-order valence-corrected chi connectivity index (χ0v) is 6.10. The molecule has 54 valence electrons. The zero-order valence-electron chi connectivity index (χ0n) is 5.21. The molecular weight excluding hydrogens is 136 g/mol. The van der Waals surface area contributed by atoms with E-state index in [4.69, 9.17) is 11.5 Å². The minimum Gasteiger partial charge on any atom is -0.330 e. The molecule has 3 nitrogen and oxygen atoms in total. The fourth-order valence-electron chi connectivity index (χ4n) is 0.461. The molecule has 0 aliphatic carbocycles. The van der Waals surface area contributed by atoms with Gasteiger partial charge in [-0.05, 0) is 19.4 Å². The Bertz CT molecular complexity index is 97.0. The minimum atomic E-state index is -0.433. The highest BCUT2D eigenvalue weighted by Gasteiger charge is 2.06. The van der Waals surface area contributed by atoms with E-state index in [2.05, 4.69) is 12.6 Å². The Morgan fingerprint density at radius 2 is 2.22 bits per heavy atom. The van der Waals surface area contributed by atoms with Crippen LogP contribution < -0.4 is 11.5 Å². The van der Waals surface area contributed by atoms with Crippen molar-refractivity contribution >= 4 is 17.7 Å². The first-order valence-corrected chi connectivity index (χ1v) is 3.31. The lowest BCUT2D eigenvalue weighted by Gasteiger charge is -2.03. The maximum Gasteiger partial charge on any atom is 0.202 e. The second kappa shape index (κ2) is 4.78. The van der Waals surface area contributed by atoms with Crippen molar-refractivity contribution in [1.82, 2.24) is 0 Å². The molecule has 0 aliphatic heterocycles. The monoisotopic (exact) mass is 148 g/mol. The van der Waals surface area contributed by atoms with Gasteiger partial charge in [0, 0.05) is 0 Å². The molecule has 0 spiro atoms. The van der Waals surface area contributed by atoms with Gasteiger partial charge in [-0.2, -0.15) is 0 Å². The fraction of sp³-hybridized carbons (Fsp3) is 0.800. The lowest BCUT2D eigenvalue weighted by molar-refractivity contribution is -0.112. The SMILES string of the molecule is NCCCC(N)C(=O)S. The van der Waals surface area contributed by atoms with Gasteiger partial charge in [0.15, 0.2) is 0 Å². The minimum absolute atomic E-state index is 0.261. The van der Waals surface area contributed by atoms with Crippen molar-refractivity contribution in [3.05, 3.63) is 0 Å². The predicted octanol–water partition coefficient (Wildman–Crippen LogP) is -0.491. The van der Waals surface area contributed by atoms with Gasteiger partial charge in [-0.3, -0.25) is 4.79 Å².